The van der Waals surface area contributed by atoms with Crippen molar-refractivity contribution in [3.8, 4) is 11.8 Å². The number of imidazole rings is 1. The average Bonchev–Trinajstić information content (AvgIpc) is 3.21. The maximum Gasteiger partial charge on any atom is 0.149 e. The molecule has 1 N–H and O–H groups in total. The predicted octanol–water partition coefficient (Wildman–Crippen LogP) is 6.41. The van der Waals surface area contributed by atoms with Crippen LogP contribution in [0.1, 0.15) is 33.9 Å². The fraction of sp³-hybridized carbons (Fsp3) is 0.167. The van der Waals surface area contributed by atoms with Crippen LogP contribution in [0, 0.1) is 39.0 Å². The first kappa shape index (κ1) is 19.2. The van der Waals surface area contributed by atoms with Gasteiger partial charge in [-0.1, -0.05) is 15.9 Å². The molecule has 4 rings (SSSR count). The summed E-state index contributed by atoms with van der Waals surface area (Å²) in [7, 11) is 0. The second-order valence-electron chi connectivity index (χ2n) is 7.35. The van der Waals surface area contributed by atoms with Crippen LogP contribution in [0.2, 0.25) is 0 Å². The molecule has 2 aromatic heterocycles. The van der Waals surface area contributed by atoms with Crippen molar-refractivity contribution in [1.82, 2.24) is 14.5 Å². The van der Waals surface area contributed by atoms with Crippen LogP contribution in [0.25, 0.3) is 28.4 Å². The van der Waals surface area contributed by atoms with E-state index < -0.39 is 0 Å². The zero-order valence-electron chi connectivity index (χ0n) is 16.8. The minimum Gasteiger partial charge on any atom is -0.337 e. The number of aryl methyl sites for hydroxylation is 3. The third kappa shape index (κ3) is 3.52. The largest absolute Gasteiger partial charge is 0.337 e. The third-order valence-corrected chi connectivity index (χ3v) is 5.86. The van der Waals surface area contributed by atoms with Crippen LogP contribution in [-0.2, 0) is 0 Å². The van der Waals surface area contributed by atoms with Crippen molar-refractivity contribution in [3.05, 3.63) is 80.8 Å². The molecular formula is C24H21BrN4. The highest BCUT2D eigenvalue weighted by Gasteiger charge is 2.13. The Morgan fingerprint density at radius 2 is 1.76 bits per heavy atom. The fourth-order valence-electron chi connectivity index (χ4n) is 3.63. The van der Waals surface area contributed by atoms with E-state index in [0.717, 1.165) is 38.1 Å². The molecule has 0 radical (unpaired) electrons. The summed E-state index contributed by atoms with van der Waals surface area (Å²) in [5.74, 6) is 0.598. The summed E-state index contributed by atoms with van der Waals surface area (Å²) in [6.45, 7) is 8.29. The highest BCUT2D eigenvalue weighted by atomic mass is 79.9. The Bertz CT molecular complexity index is 1260. The summed E-state index contributed by atoms with van der Waals surface area (Å²) in [6.07, 6.45) is 1.91. The van der Waals surface area contributed by atoms with Gasteiger partial charge < -0.3 is 9.55 Å². The molecule has 0 aliphatic heterocycles. The lowest BCUT2D eigenvalue weighted by molar-refractivity contribution is 0.964. The number of nitrogens with zero attached hydrogens (tertiary/aromatic N) is 3. The lowest BCUT2D eigenvalue weighted by atomic mass is 10.1. The summed E-state index contributed by atoms with van der Waals surface area (Å²) in [4.78, 5) is 7.95. The van der Waals surface area contributed by atoms with Gasteiger partial charge in [-0.25, -0.2) is 4.98 Å². The zero-order valence-corrected chi connectivity index (χ0v) is 18.4. The number of rotatable bonds is 3. The number of aromatic nitrogens is 3. The minimum absolute atomic E-state index is 0.521. The quantitative estimate of drug-likeness (QED) is 0.370. The molecule has 4 nitrogen and oxygen atoms in total. The second-order valence-corrected chi connectivity index (χ2v) is 8.26. The van der Waals surface area contributed by atoms with E-state index in [2.05, 4.69) is 94.6 Å². The highest BCUT2D eigenvalue weighted by molar-refractivity contribution is 9.10. The number of hydrogen-bond acceptors (Lipinski definition) is 2. The number of nitriles is 1. The fourth-order valence-corrected chi connectivity index (χ4v) is 3.89. The van der Waals surface area contributed by atoms with Gasteiger partial charge in [-0.15, -0.1) is 0 Å². The molecule has 2 aromatic carbocycles. The lowest BCUT2D eigenvalue weighted by Crippen LogP contribution is -1.98. The van der Waals surface area contributed by atoms with Crippen LogP contribution in [0.3, 0.4) is 0 Å². The van der Waals surface area contributed by atoms with E-state index in [1.807, 2.05) is 18.2 Å². The van der Waals surface area contributed by atoms with Crippen molar-refractivity contribution >= 4 is 38.6 Å². The summed E-state index contributed by atoms with van der Waals surface area (Å²) >= 11 is 3.49. The smallest absolute Gasteiger partial charge is 0.149 e. The molecule has 0 fully saturated rings. The van der Waals surface area contributed by atoms with Crippen LogP contribution in [0.15, 0.2) is 46.9 Å². The highest BCUT2D eigenvalue weighted by Crippen LogP contribution is 2.26. The number of halogens is 1. The van der Waals surface area contributed by atoms with Gasteiger partial charge in [0, 0.05) is 21.5 Å². The first-order valence-corrected chi connectivity index (χ1v) is 10.2. The van der Waals surface area contributed by atoms with Crippen LogP contribution < -0.4 is 0 Å². The number of benzene rings is 2. The number of hydrogen-bond donors (Lipinski definition) is 1. The van der Waals surface area contributed by atoms with Crippen LogP contribution in [0.5, 0.6) is 0 Å². The van der Waals surface area contributed by atoms with Crippen molar-refractivity contribution in [2.45, 2.75) is 27.7 Å². The van der Waals surface area contributed by atoms with Gasteiger partial charge in [0.2, 0.25) is 0 Å². The zero-order chi connectivity index (χ0) is 20.7. The average molecular weight is 445 g/mol. The molecule has 0 saturated carbocycles. The van der Waals surface area contributed by atoms with Gasteiger partial charge in [-0.05, 0) is 92.9 Å². The Kier molecular flexibility index (Phi) is 4.89. The molecule has 144 valence electrons. The first-order valence-electron chi connectivity index (χ1n) is 9.41. The Labute approximate surface area is 178 Å². The van der Waals surface area contributed by atoms with Crippen LogP contribution in [-0.4, -0.2) is 14.5 Å². The van der Waals surface area contributed by atoms with Crippen molar-refractivity contribution < 1.29 is 0 Å². The molecular weight excluding hydrogens is 424 g/mol. The Balaban J connectivity index is 1.79. The van der Waals surface area contributed by atoms with Gasteiger partial charge in [0.05, 0.1) is 16.6 Å². The topological polar surface area (TPSA) is 57.4 Å². The normalized spacial score (nSPS) is 11.8. The second kappa shape index (κ2) is 7.38. The van der Waals surface area contributed by atoms with E-state index >= 15 is 0 Å². The van der Waals surface area contributed by atoms with E-state index in [1.165, 1.54) is 11.1 Å². The molecule has 0 unspecified atom stereocenters. The molecule has 0 atom stereocenters. The lowest BCUT2D eigenvalue weighted by Gasteiger charge is -2.09. The monoisotopic (exact) mass is 444 g/mol. The molecule has 0 aliphatic rings. The predicted molar refractivity (Wildman–Crippen MR) is 122 cm³/mol. The SMILES string of the molecule is Cc1cc2nc(/C(C#N)=C\c3cc(C)n(-c4ccc(Br)cc4)c3C)[nH]c2cc1C. The van der Waals surface area contributed by atoms with Crippen LogP contribution >= 0.6 is 15.9 Å². The number of nitrogens with one attached hydrogen (secondary N) is 1. The first-order chi connectivity index (χ1) is 13.9. The molecule has 0 aliphatic carbocycles. The number of fused-ring (bicyclic) bond motifs is 1. The van der Waals surface area contributed by atoms with Gasteiger partial charge in [0.25, 0.3) is 0 Å². The molecule has 4 aromatic rings. The molecule has 0 saturated heterocycles. The molecule has 0 spiro atoms. The molecule has 29 heavy (non-hydrogen) atoms. The van der Waals surface area contributed by atoms with Gasteiger partial charge >= 0.3 is 0 Å². The van der Waals surface area contributed by atoms with Gasteiger partial charge in [0.15, 0.2) is 0 Å². The Morgan fingerprint density at radius 1 is 1.07 bits per heavy atom. The van der Waals surface area contributed by atoms with E-state index in [9.17, 15) is 5.26 Å². The Morgan fingerprint density at radius 3 is 2.45 bits per heavy atom. The van der Waals surface area contributed by atoms with Gasteiger partial charge in [-0.3, -0.25) is 0 Å². The summed E-state index contributed by atoms with van der Waals surface area (Å²) in [5.41, 5.74) is 9.04. The minimum atomic E-state index is 0.521. The van der Waals surface area contributed by atoms with E-state index in [1.54, 1.807) is 0 Å². The third-order valence-electron chi connectivity index (χ3n) is 5.33. The number of H-pyrrole nitrogens is 1. The maximum atomic E-state index is 9.80. The van der Waals surface area contributed by atoms with E-state index in [-0.39, 0.29) is 0 Å². The molecule has 0 bridgehead atoms. The Hall–Kier alpha value is -3.10. The standard InChI is InChI=1S/C24H21BrN4/c1-14-9-22-23(10-15(14)2)28-24(27-22)19(13-26)12-18-11-16(3)29(17(18)4)21-7-5-20(25)6-8-21/h5-12H,1-4H3,(H,27,28)/b19-12-. The number of allylic oxidation sites excluding steroid dienone is 1. The van der Waals surface area contributed by atoms with E-state index in [0.29, 0.717) is 11.4 Å². The van der Waals surface area contributed by atoms with Gasteiger partial charge in [-0.2, -0.15) is 5.26 Å². The van der Waals surface area contributed by atoms with Gasteiger partial charge in [0.1, 0.15) is 11.9 Å². The maximum absolute atomic E-state index is 9.80. The summed E-state index contributed by atoms with van der Waals surface area (Å²) < 4.78 is 3.24. The van der Waals surface area contributed by atoms with Crippen molar-refractivity contribution in [2.24, 2.45) is 0 Å². The van der Waals surface area contributed by atoms with E-state index in [4.69, 9.17) is 0 Å². The van der Waals surface area contributed by atoms with Crippen LogP contribution in [0.4, 0.5) is 0 Å². The van der Waals surface area contributed by atoms with Crippen molar-refractivity contribution in [3.63, 3.8) is 0 Å². The van der Waals surface area contributed by atoms with Crippen molar-refractivity contribution in [2.75, 3.05) is 0 Å². The van der Waals surface area contributed by atoms with Crippen molar-refractivity contribution in [1.29, 1.82) is 5.26 Å². The number of aromatic amines is 1. The summed E-state index contributed by atoms with van der Waals surface area (Å²) in [6, 6.07) is 16.8. The molecule has 2 heterocycles. The molecule has 5 heteroatoms. The summed E-state index contributed by atoms with van der Waals surface area (Å²) in [5, 5.41) is 9.80. The molecule has 0 amide bonds.